The standard InChI is InChI=1S/C18H21NO3/c1-3-19(15-7-5-4-6-8-15)18(22)13(2)11-14-9-10-16(20)17(21)12-14/h4-10,12-13,20-21H,3,11H2,1-2H3. The van der Waals surface area contributed by atoms with Crippen LogP contribution < -0.4 is 4.90 Å². The minimum atomic E-state index is -0.218. The Morgan fingerprint density at radius 2 is 1.77 bits per heavy atom. The highest BCUT2D eigenvalue weighted by Crippen LogP contribution is 2.26. The second-order valence-electron chi connectivity index (χ2n) is 5.35. The largest absolute Gasteiger partial charge is 0.504 e. The van der Waals surface area contributed by atoms with E-state index in [9.17, 15) is 15.0 Å². The third-order valence-electron chi connectivity index (χ3n) is 3.65. The molecule has 0 heterocycles. The van der Waals surface area contributed by atoms with Crippen LogP contribution in [0.4, 0.5) is 5.69 Å². The fourth-order valence-electron chi connectivity index (χ4n) is 2.48. The molecule has 1 amide bonds. The summed E-state index contributed by atoms with van der Waals surface area (Å²) in [6, 6.07) is 14.2. The fraction of sp³-hybridized carbons (Fsp3) is 0.278. The van der Waals surface area contributed by atoms with Crippen LogP contribution in [0, 0.1) is 5.92 Å². The minimum absolute atomic E-state index is 0.0428. The number of carbonyl (C=O) groups excluding carboxylic acids is 1. The van der Waals surface area contributed by atoms with Crippen LogP contribution in [0.2, 0.25) is 0 Å². The van der Waals surface area contributed by atoms with Gasteiger partial charge in [-0.25, -0.2) is 0 Å². The Hall–Kier alpha value is -2.49. The van der Waals surface area contributed by atoms with Gasteiger partial charge >= 0.3 is 0 Å². The zero-order chi connectivity index (χ0) is 16.1. The molecule has 2 N–H and O–H groups in total. The molecule has 2 rings (SSSR count). The number of benzene rings is 2. The van der Waals surface area contributed by atoms with Gasteiger partial charge in [0, 0.05) is 18.2 Å². The molecule has 0 radical (unpaired) electrons. The number of aromatic hydroxyl groups is 2. The number of para-hydroxylation sites is 1. The Bertz CT molecular complexity index is 640. The van der Waals surface area contributed by atoms with Gasteiger partial charge in [-0.2, -0.15) is 0 Å². The lowest BCUT2D eigenvalue weighted by Crippen LogP contribution is -2.35. The lowest BCUT2D eigenvalue weighted by molar-refractivity contribution is -0.121. The smallest absolute Gasteiger partial charge is 0.230 e. The van der Waals surface area contributed by atoms with Crippen LogP contribution in [0.3, 0.4) is 0 Å². The SMILES string of the molecule is CCN(C(=O)C(C)Cc1ccc(O)c(O)c1)c1ccccc1. The Morgan fingerprint density at radius 1 is 1.09 bits per heavy atom. The summed E-state index contributed by atoms with van der Waals surface area (Å²) in [5.41, 5.74) is 1.70. The zero-order valence-electron chi connectivity index (χ0n) is 12.9. The number of hydrogen-bond acceptors (Lipinski definition) is 3. The fourth-order valence-corrected chi connectivity index (χ4v) is 2.48. The molecule has 0 fully saturated rings. The van der Waals surface area contributed by atoms with E-state index in [2.05, 4.69) is 0 Å². The first-order chi connectivity index (χ1) is 10.5. The second-order valence-corrected chi connectivity index (χ2v) is 5.35. The van der Waals surface area contributed by atoms with Crippen molar-refractivity contribution in [1.29, 1.82) is 0 Å². The number of phenols is 2. The molecule has 2 aromatic carbocycles. The highest BCUT2D eigenvalue weighted by atomic mass is 16.3. The number of amides is 1. The van der Waals surface area contributed by atoms with Crippen molar-refractivity contribution in [2.45, 2.75) is 20.3 Å². The van der Waals surface area contributed by atoms with E-state index in [0.717, 1.165) is 11.3 Å². The van der Waals surface area contributed by atoms with Gasteiger partial charge in [-0.15, -0.1) is 0 Å². The van der Waals surface area contributed by atoms with Crippen molar-refractivity contribution < 1.29 is 15.0 Å². The number of anilines is 1. The van der Waals surface area contributed by atoms with Crippen LogP contribution >= 0.6 is 0 Å². The van der Waals surface area contributed by atoms with E-state index in [-0.39, 0.29) is 23.3 Å². The quantitative estimate of drug-likeness (QED) is 0.833. The molecule has 1 unspecified atom stereocenters. The first kappa shape index (κ1) is 15.9. The van der Waals surface area contributed by atoms with Crippen molar-refractivity contribution in [3.63, 3.8) is 0 Å². The summed E-state index contributed by atoms with van der Waals surface area (Å²) in [5.74, 6) is -0.486. The third kappa shape index (κ3) is 3.58. The van der Waals surface area contributed by atoms with E-state index in [1.54, 1.807) is 11.0 Å². The molecule has 0 bridgehead atoms. The summed E-state index contributed by atoms with van der Waals surface area (Å²) in [4.78, 5) is 14.4. The Kier molecular flexibility index (Phi) is 5.04. The van der Waals surface area contributed by atoms with Crippen LogP contribution in [-0.2, 0) is 11.2 Å². The Balaban J connectivity index is 2.12. The highest BCUT2D eigenvalue weighted by molar-refractivity contribution is 5.94. The van der Waals surface area contributed by atoms with Gasteiger partial charge < -0.3 is 15.1 Å². The van der Waals surface area contributed by atoms with E-state index in [1.165, 1.54) is 12.1 Å². The number of nitrogens with zero attached hydrogens (tertiary/aromatic N) is 1. The van der Waals surface area contributed by atoms with Gasteiger partial charge in [0.05, 0.1) is 0 Å². The maximum atomic E-state index is 12.6. The number of rotatable bonds is 5. The monoisotopic (exact) mass is 299 g/mol. The molecule has 4 heteroatoms. The Morgan fingerprint density at radius 3 is 2.36 bits per heavy atom. The summed E-state index contributed by atoms with van der Waals surface area (Å²) in [6.07, 6.45) is 0.510. The molecule has 0 saturated carbocycles. The molecule has 4 nitrogen and oxygen atoms in total. The average molecular weight is 299 g/mol. The van der Waals surface area contributed by atoms with Crippen molar-refractivity contribution in [2.75, 3.05) is 11.4 Å². The van der Waals surface area contributed by atoms with Crippen LogP contribution in [0.25, 0.3) is 0 Å². The normalized spacial score (nSPS) is 11.9. The maximum absolute atomic E-state index is 12.6. The molecule has 0 aliphatic carbocycles. The second kappa shape index (κ2) is 6.98. The van der Waals surface area contributed by atoms with Crippen molar-refractivity contribution in [3.05, 3.63) is 54.1 Å². The molecular weight excluding hydrogens is 278 g/mol. The molecule has 0 saturated heterocycles. The number of hydrogen-bond donors (Lipinski definition) is 2. The summed E-state index contributed by atoms with van der Waals surface area (Å²) < 4.78 is 0. The Labute approximate surface area is 130 Å². The minimum Gasteiger partial charge on any atom is -0.504 e. The van der Waals surface area contributed by atoms with E-state index in [0.29, 0.717) is 13.0 Å². The lowest BCUT2D eigenvalue weighted by Gasteiger charge is -2.24. The first-order valence-electron chi connectivity index (χ1n) is 7.40. The topological polar surface area (TPSA) is 60.8 Å². The number of phenolic OH excluding ortho intramolecular Hbond substituents is 2. The van der Waals surface area contributed by atoms with Crippen LogP contribution in [-0.4, -0.2) is 22.7 Å². The number of carbonyl (C=O) groups is 1. The van der Waals surface area contributed by atoms with Gasteiger partial charge in [-0.1, -0.05) is 31.2 Å². The summed E-state index contributed by atoms with van der Waals surface area (Å²) in [7, 11) is 0. The molecule has 22 heavy (non-hydrogen) atoms. The molecule has 0 aromatic heterocycles. The molecule has 0 spiro atoms. The van der Waals surface area contributed by atoms with Crippen molar-refractivity contribution in [1.82, 2.24) is 0 Å². The van der Waals surface area contributed by atoms with Gasteiger partial charge in [-0.05, 0) is 43.2 Å². The molecule has 2 aromatic rings. The van der Waals surface area contributed by atoms with E-state index in [1.807, 2.05) is 44.2 Å². The molecule has 1 atom stereocenters. The molecule has 116 valence electrons. The zero-order valence-corrected chi connectivity index (χ0v) is 12.9. The van der Waals surface area contributed by atoms with Crippen molar-refractivity contribution in [2.24, 2.45) is 5.92 Å². The summed E-state index contributed by atoms with van der Waals surface area (Å²) in [6.45, 7) is 4.43. The molecule has 0 aliphatic heterocycles. The average Bonchev–Trinajstić information content (AvgIpc) is 2.52. The van der Waals surface area contributed by atoms with Crippen LogP contribution in [0.15, 0.2) is 48.5 Å². The van der Waals surface area contributed by atoms with E-state index in [4.69, 9.17) is 0 Å². The van der Waals surface area contributed by atoms with Gasteiger partial charge in [0.15, 0.2) is 11.5 Å². The van der Waals surface area contributed by atoms with Crippen molar-refractivity contribution in [3.8, 4) is 11.5 Å². The van der Waals surface area contributed by atoms with Gasteiger partial charge in [0.25, 0.3) is 0 Å². The predicted molar refractivity (Wildman–Crippen MR) is 87.1 cm³/mol. The van der Waals surface area contributed by atoms with Crippen LogP contribution in [0.1, 0.15) is 19.4 Å². The van der Waals surface area contributed by atoms with Gasteiger partial charge in [0.2, 0.25) is 5.91 Å². The van der Waals surface area contributed by atoms with Crippen LogP contribution in [0.5, 0.6) is 11.5 Å². The molecule has 0 aliphatic rings. The van der Waals surface area contributed by atoms with E-state index >= 15 is 0 Å². The van der Waals surface area contributed by atoms with E-state index < -0.39 is 0 Å². The van der Waals surface area contributed by atoms with Gasteiger partial charge in [0.1, 0.15) is 0 Å². The molecular formula is C18H21NO3. The first-order valence-corrected chi connectivity index (χ1v) is 7.40. The summed E-state index contributed by atoms with van der Waals surface area (Å²) in [5, 5.41) is 18.9. The highest BCUT2D eigenvalue weighted by Gasteiger charge is 2.21. The third-order valence-corrected chi connectivity index (χ3v) is 3.65. The lowest BCUT2D eigenvalue weighted by atomic mass is 9.99. The van der Waals surface area contributed by atoms with Crippen molar-refractivity contribution >= 4 is 11.6 Å². The summed E-state index contributed by atoms with van der Waals surface area (Å²) >= 11 is 0. The predicted octanol–water partition coefficient (Wildman–Crippen LogP) is 3.33. The van der Waals surface area contributed by atoms with Gasteiger partial charge in [-0.3, -0.25) is 4.79 Å². The maximum Gasteiger partial charge on any atom is 0.230 e.